The van der Waals surface area contributed by atoms with Crippen LogP contribution in [0.25, 0.3) is 20.7 Å². The number of likely N-dealkylation sites (tertiary alicyclic amines) is 1. The lowest BCUT2D eigenvalue weighted by atomic mass is 10.2. The van der Waals surface area contributed by atoms with Crippen molar-refractivity contribution in [3.05, 3.63) is 71.2 Å². The third kappa shape index (κ3) is 4.62. The molecule has 1 N–H and O–H groups in total. The number of nitrogens with zero attached hydrogens (tertiary/aromatic N) is 3. The molecule has 1 aromatic carbocycles. The molecule has 0 aliphatic carbocycles. The number of thiophene rings is 1. The third-order valence-corrected chi connectivity index (χ3v) is 7.30. The minimum absolute atomic E-state index is 0.0110. The molecule has 5 rings (SSSR count). The van der Waals surface area contributed by atoms with Crippen molar-refractivity contribution in [1.29, 1.82) is 0 Å². The Hall–Kier alpha value is -3.43. The van der Waals surface area contributed by atoms with Crippen LogP contribution >= 0.6 is 11.3 Å². The molecule has 1 saturated heterocycles. The molecule has 0 spiro atoms. The van der Waals surface area contributed by atoms with E-state index in [1.54, 1.807) is 13.4 Å². The van der Waals surface area contributed by atoms with Crippen molar-refractivity contribution < 1.29 is 13.9 Å². The van der Waals surface area contributed by atoms with Gasteiger partial charge in [-0.05, 0) is 74.0 Å². The molecule has 3 aromatic heterocycles. The summed E-state index contributed by atoms with van der Waals surface area (Å²) in [5.41, 5.74) is 1.40. The second-order valence-corrected chi connectivity index (χ2v) is 9.36. The van der Waals surface area contributed by atoms with Crippen molar-refractivity contribution in [2.45, 2.75) is 25.4 Å². The lowest BCUT2D eigenvalue weighted by Crippen LogP contribution is -2.39. The van der Waals surface area contributed by atoms with Crippen molar-refractivity contribution in [2.24, 2.45) is 0 Å². The topological polar surface area (TPSA) is 89.6 Å². The Morgan fingerprint density at radius 2 is 2.03 bits per heavy atom. The van der Waals surface area contributed by atoms with Crippen LogP contribution in [0.3, 0.4) is 0 Å². The van der Waals surface area contributed by atoms with Gasteiger partial charge in [0, 0.05) is 11.4 Å². The number of ether oxygens (including phenoxy) is 1. The zero-order valence-corrected chi connectivity index (χ0v) is 19.7. The predicted octanol–water partition coefficient (Wildman–Crippen LogP) is 3.68. The van der Waals surface area contributed by atoms with Crippen LogP contribution in [0.4, 0.5) is 0 Å². The Balaban J connectivity index is 1.29. The van der Waals surface area contributed by atoms with Gasteiger partial charge < -0.3 is 14.5 Å². The lowest BCUT2D eigenvalue weighted by Gasteiger charge is -2.26. The lowest BCUT2D eigenvalue weighted by molar-refractivity contribution is -0.122. The maximum absolute atomic E-state index is 13.1. The second-order valence-electron chi connectivity index (χ2n) is 8.31. The number of methoxy groups -OCH3 is 1. The van der Waals surface area contributed by atoms with Crippen LogP contribution in [0.15, 0.2) is 64.3 Å². The fraction of sp³-hybridized carbons (Fsp3) is 0.320. The highest BCUT2D eigenvalue weighted by atomic mass is 32.1. The van der Waals surface area contributed by atoms with Gasteiger partial charge >= 0.3 is 0 Å². The van der Waals surface area contributed by atoms with Gasteiger partial charge in [-0.3, -0.25) is 19.1 Å². The third-order valence-electron chi connectivity index (χ3n) is 6.14. The van der Waals surface area contributed by atoms with Crippen molar-refractivity contribution in [3.63, 3.8) is 0 Å². The van der Waals surface area contributed by atoms with Crippen molar-refractivity contribution in [2.75, 3.05) is 26.7 Å². The molecule has 8 nitrogen and oxygen atoms in total. The Bertz CT molecular complexity index is 1320. The molecule has 0 unspecified atom stereocenters. The van der Waals surface area contributed by atoms with Gasteiger partial charge in [0.1, 0.15) is 22.8 Å². The van der Waals surface area contributed by atoms with E-state index in [4.69, 9.17) is 9.15 Å². The smallest absolute Gasteiger partial charge is 0.271 e. The van der Waals surface area contributed by atoms with Crippen LogP contribution in [-0.2, 0) is 11.3 Å². The van der Waals surface area contributed by atoms with E-state index in [-0.39, 0.29) is 24.1 Å². The van der Waals surface area contributed by atoms with E-state index in [1.165, 1.54) is 22.2 Å². The molecule has 1 amide bonds. The quantitative estimate of drug-likeness (QED) is 0.416. The highest BCUT2D eigenvalue weighted by molar-refractivity contribution is 7.22. The van der Waals surface area contributed by atoms with Crippen molar-refractivity contribution in [3.8, 4) is 16.2 Å². The van der Waals surface area contributed by atoms with Gasteiger partial charge in [-0.1, -0.05) is 0 Å². The summed E-state index contributed by atoms with van der Waals surface area (Å²) in [5, 5.41) is 2.98. The Morgan fingerprint density at radius 1 is 1.24 bits per heavy atom. The summed E-state index contributed by atoms with van der Waals surface area (Å²) in [6.45, 7) is 2.31. The SMILES string of the molecule is COc1ccc(-c2cc3ncn(CC(=O)NC[C@@H](c4ccco4)N4CCCC4)c(=O)c3s2)cc1. The number of nitrogens with one attached hydrogen (secondary N) is 1. The molecule has 0 bridgehead atoms. The standard InChI is InChI=1S/C25H26N4O4S/c1-32-18-8-6-17(7-9-18)22-13-19-24(34-22)25(31)29(16-27-19)15-23(30)26-14-20(21-5-4-12-33-21)28-10-2-3-11-28/h4-9,12-13,16,20H,2-3,10-11,14-15H2,1H3,(H,26,30)/t20-/m0/s1. The molecular formula is C25H26N4O4S. The average molecular weight is 479 g/mol. The Kier molecular flexibility index (Phi) is 6.46. The number of fused-ring (bicyclic) bond motifs is 1. The number of furan rings is 1. The first-order valence-corrected chi connectivity index (χ1v) is 12.1. The fourth-order valence-electron chi connectivity index (χ4n) is 4.32. The summed E-state index contributed by atoms with van der Waals surface area (Å²) in [7, 11) is 1.63. The first-order chi connectivity index (χ1) is 16.6. The summed E-state index contributed by atoms with van der Waals surface area (Å²) in [6, 6.07) is 13.4. The molecule has 1 aliphatic heterocycles. The van der Waals surface area contributed by atoms with Gasteiger partial charge in [0.15, 0.2) is 0 Å². The molecule has 1 fully saturated rings. The van der Waals surface area contributed by atoms with Crippen molar-refractivity contribution >= 4 is 27.5 Å². The van der Waals surface area contributed by atoms with Crippen LogP contribution in [-0.4, -0.2) is 47.1 Å². The number of carbonyl (C=O) groups is 1. The molecule has 4 aromatic rings. The van der Waals surface area contributed by atoms with Gasteiger partial charge in [-0.2, -0.15) is 0 Å². The fourth-order valence-corrected chi connectivity index (χ4v) is 5.39. The number of amides is 1. The van der Waals surface area contributed by atoms with E-state index in [1.807, 2.05) is 42.5 Å². The number of hydrogen-bond acceptors (Lipinski definition) is 7. The van der Waals surface area contributed by atoms with Crippen LogP contribution in [0.2, 0.25) is 0 Å². The monoisotopic (exact) mass is 478 g/mol. The summed E-state index contributed by atoms with van der Waals surface area (Å²) < 4.78 is 12.7. The number of benzene rings is 1. The van der Waals surface area contributed by atoms with E-state index in [0.717, 1.165) is 47.9 Å². The average Bonchev–Trinajstić information content (AvgIpc) is 3.64. The number of carbonyl (C=O) groups excluding carboxylic acids is 1. The summed E-state index contributed by atoms with van der Waals surface area (Å²) >= 11 is 1.38. The maximum Gasteiger partial charge on any atom is 0.271 e. The highest BCUT2D eigenvalue weighted by Crippen LogP contribution is 2.31. The molecule has 1 atom stereocenters. The molecule has 176 valence electrons. The molecule has 4 heterocycles. The first kappa shape index (κ1) is 22.4. The zero-order chi connectivity index (χ0) is 23.5. The van der Waals surface area contributed by atoms with Gasteiger partial charge in [-0.15, -0.1) is 11.3 Å². The van der Waals surface area contributed by atoms with E-state index in [9.17, 15) is 9.59 Å². The van der Waals surface area contributed by atoms with Gasteiger partial charge in [0.05, 0.1) is 31.3 Å². The molecule has 1 aliphatic rings. The summed E-state index contributed by atoms with van der Waals surface area (Å²) in [4.78, 5) is 33.5. The minimum atomic E-state index is -0.231. The van der Waals surface area contributed by atoms with Gasteiger partial charge in [0.2, 0.25) is 5.91 Å². The van der Waals surface area contributed by atoms with Crippen LogP contribution < -0.4 is 15.6 Å². The second kappa shape index (κ2) is 9.82. The normalized spacial score (nSPS) is 15.0. The maximum atomic E-state index is 13.1. The van der Waals surface area contributed by atoms with Gasteiger partial charge in [-0.25, -0.2) is 4.98 Å². The van der Waals surface area contributed by atoms with Gasteiger partial charge in [0.25, 0.3) is 5.56 Å². The number of rotatable bonds is 8. The van der Waals surface area contributed by atoms with E-state index in [0.29, 0.717) is 16.8 Å². The largest absolute Gasteiger partial charge is 0.497 e. The van der Waals surface area contributed by atoms with Crippen LogP contribution in [0, 0.1) is 0 Å². The number of aromatic nitrogens is 2. The summed E-state index contributed by atoms with van der Waals surface area (Å²) in [6.07, 6.45) is 5.39. The molecular weight excluding hydrogens is 452 g/mol. The highest BCUT2D eigenvalue weighted by Gasteiger charge is 2.26. The predicted molar refractivity (Wildman–Crippen MR) is 131 cm³/mol. The van der Waals surface area contributed by atoms with Crippen LogP contribution in [0.5, 0.6) is 5.75 Å². The zero-order valence-electron chi connectivity index (χ0n) is 18.9. The first-order valence-electron chi connectivity index (χ1n) is 11.3. The van der Waals surface area contributed by atoms with E-state index < -0.39 is 0 Å². The Labute approximate surface area is 200 Å². The molecule has 0 saturated carbocycles. The van der Waals surface area contributed by atoms with Crippen LogP contribution in [0.1, 0.15) is 24.6 Å². The molecule has 34 heavy (non-hydrogen) atoms. The van der Waals surface area contributed by atoms with Crippen molar-refractivity contribution in [1.82, 2.24) is 19.8 Å². The summed E-state index contributed by atoms with van der Waals surface area (Å²) in [5.74, 6) is 1.38. The number of hydrogen-bond donors (Lipinski definition) is 1. The Morgan fingerprint density at radius 3 is 2.74 bits per heavy atom. The van der Waals surface area contributed by atoms with E-state index in [2.05, 4.69) is 15.2 Å². The minimum Gasteiger partial charge on any atom is -0.497 e. The molecule has 9 heteroatoms. The molecule has 0 radical (unpaired) electrons. The van der Waals surface area contributed by atoms with E-state index >= 15 is 0 Å².